The van der Waals surface area contributed by atoms with Gasteiger partial charge in [-0.1, -0.05) is 6.07 Å². The second kappa shape index (κ2) is 9.03. The molecule has 2 aromatic rings. The van der Waals surface area contributed by atoms with E-state index in [-0.39, 0.29) is 17.7 Å². The molecule has 0 aliphatic carbocycles. The Balaban J connectivity index is 1.57. The van der Waals surface area contributed by atoms with Gasteiger partial charge in [0.25, 0.3) is 5.91 Å². The Morgan fingerprint density at radius 2 is 1.89 bits per heavy atom. The Morgan fingerprint density at radius 1 is 1.11 bits per heavy atom. The molecule has 0 atom stereocenters. The molecule has 1 aromatic carbocycles. The number of methoxy groups -OCH3 is 1. The number of piperazine rings is 1. The van der Waals surface area contributed by atoms with Crippen molar-refractivity contribution in [3.05, 3.63) is 42.1 Å². The number of anilines is 2. The van der Waals surface area contributed by atoms with Gasteiger partial charge in [0, 0.05) is 37.9 Å². The summed E-state index contributed by atoms with van der Waals surface area (Å²) in [5, 5.41) is 11.0. The van der Waals surface area contributed by atoms with Gasteiger partial charge in [-0.15, -0.1) is 10.2 Å². The fourth-order valence-corrected chi connectivity index (χ4v) is 2.84. The van der Waals surface area contributed by atoms with Gasteiger partial charge in [-0.2, -0.15) is 0 Å². The van der Waals surface area contributed by atoms with Gasteiger partial charge in [0.2, 0.25) is 0 Å². The van der Waals surface area contributed by atoms with Gasteiger partial charge in [-0.3, -0.25) is 4.79 Å². The van der Waals surface area contributed by atoms with E-state index in [1.807, 2.05) is 4.90 Å². The first-order valence-corrected chi connectivity index (χ1v) is 9.06. The van der Waals surface area contributed by atoms with E-state index in [4.69, 9.17) is 9.47 Å². The predicted molar refractivity (Wildman–Crippen MR) is 104 cm³/mol. The molecule has 2 heterocycles. The lowest BCUT2D eigenvalue weighted by Gasteiger charge is -2.34. The Bertz CT molecular complexity index is 819. The van der Waals surface area contributed by atoms with Crippen molar-refractivity contribution in [1.29, 1.82) is 0 Å². The third kappa shape index (κ3) is 4.67. The van der Waals surface area contributed by atoms with Crippen LogP contribution in [0.15, 0.2) is 36.4 Å². The first-order valence-electron chi connectivity index (χ1n) is 9.06. The van der Waals surface area contributed by atoms with Gasteiger partial charge in [0.15, 0.2) is 11.5 Å². The van der Waals surface area contributed by atoms with Crippen LogP contribution >= 0.6 is 0 Å². The van der Waals surface area contributed by atoms with Crippen molar-refractivity contribution in [3.63, 3.8) is 0 Å². The summed E-state index contributed by atoms with van der Waals surface area (Å²) in [6.45, 7) is 4.52. The van der Waals surface area contributed by atoms with Crippen LogP contribution in [0.2, 0.25) is 0 Å². The molecule has 28 heavy (non-hydrogen) atoms. The monoisotopic (exact) mass is 385 g/mol. The summed E-state index contributed by atoms with van der Waals surface area (Å²) >= 11 is 0. The van der Waals surface area contributed by atoms with E-state index in [0.29, 0.717) is 50.0 Å². The molecular weight excluding hydrogens is 362 g/mol. The molecule has 1 aliphatic rings. The van der Waals surface area contributed by atoms with Crippen LogP contribution in [0.25, 0.3) is 0 Å². The summed E-state index contributed by atoms with van der Waals surface area (Å²) < 4.78 is 10.2. The number of nitrogens with one attached hydrogen (secondary N) is 1. The maximum Gasteiger partial charge on any atom is 0.409 e. The first-order chi connectivity index (χ1) is 13.6. The zero-order valence-corrected chi connectivity index (χ0v) is 15.9. The summed E-state index contributed by atoms with van der Waals surface area (Å²) in [6, 6.07) is 10.5. The minimum atomic E-state index is -0.348. The first kappa shape index (κ1) is 19.4. The third-order valence-corrected chi connectivity index (χ3v) is 4.34. The molecule has 148 valence electrons. The number of hydrogen-bond acceptors (Lipinski definition) is 7. The lowest BCUT2D eigenvalue weighted by atomic mass is 10.2. The molecule has 1 N–H and O–H groups in total. The van der Waals surface area contributed by atoms with Gasteiger partial charge in [-0.05, 0) is 31.2 Å². The molecule has 2 amide bonds. The average molecular weight is 385 g/mol. The van der Waals surface area contributed by atoms with Gasteiger partial charge >= 0.3 is 6.09 Å². The van der Waals surface area contributed by atoms with Crippen LogP contribution < -0.4 is 15.0 Å². The largest absolute Gasteiger partial charge is 0.497 e. The molecule has 0 saturated carbocycles. The fourth-order valence-electron chi connectivity index (χ4n) is 2.84. The summed E-state index contributed by atoms with van der Waals surface area (Å²) in [7, 11) is 1.57. The maximum atomic E-state index is 12.4. The molecule has 1 aliphatic heterocycles. The van der Waals surface area contributed by atoms with Crippen LogP contribution in [0.3, 0.4) is 0 Å². The highest BCUT2D eigenvalue weighted by Crippen LogP contribution is 2.18. The molecule has 1 fully saturated rings. The number of ether oxygens (including phenoxy) is 2. The van der Waals surface area contributed by atoms with E-state index in [1.165, 1.54) is 0 Å². The normalized spacial score (nSPS) is 13.8. The molecular formula is C19H23N5O4. The maximum absolute atomic E-state index is 12.4. The zero-order chi connectivity index (χ0) is 19.9. The SMILES string of the molecule is CCOC(=O)N1CCN(c2ccc(C(=O)Nc3cccc(OC)c3)nn2)CC1. The van der Waals surface area contributed by atoms with Crippen molar-refractivity contribution < 1.29 is 19.1 Å². The highest BCUT2D eigenvalue weighted by molar-refractivity contribution is 6.02. The van der Waals surface area contributed by atoms with Crippen LogP contribution in [-0.4, -0.2) is 67.0 Å². The number of carbonyl (C=O) groups is 2. The minimum Gasteiger partial charge on any atom is -0.497 e. The van der Waals surface area contributed by atoms with Crippen LogP contribution in [-0.2, 0) is 4.74 Å². The Morgan fingerprint density at radius 3 is 2.54 bits per heavy atom. The summed E-state index contributed by atoms with van der Waals surface area (Å²) in [4.78, 5) is 27.8. The quantitative estimate of drug-likeness (QED) is 0.841. The number of hydrogen-bond donors (Lipinski definition) is 1. The van der Waals surface area contributed by atoms with Crippen molar-refractivity contribution >= 4 is 23.5 Å². The summed E-state index contributed by atoms with van der Waals surface area (Å²) in [5.41, 5.74) is 0.835. The van der Waals surface area contributed by atoms with Crippen molar-refractivity contribution in [1.82, 2.24) is 15.1 Å². The second-order valence-electron chi connectivity index (χ2n) is 6.14. The van der Waals surface area contributed by atoms with Crippen LogP contribution in [0.4, 0.5) is 16.3 Å². The van der Waals surface area contributed by atoms with E-state index >= 15 is 0 Å². The minimum absolute atomic E-state index is 0.219. The van der Waals surface area contributed by atoms with Crippen LogP contribution in [0.1, 0.15) is 17.4 Å². The highest BCUT2D eigenvalue weighted by atomic mass is 16.6. The second-order valence-corrected chi connectivity index (χ2v) is 6.14. The zero-order valence-electron chi connectivity index (χ0n) is 15.9. The molecule has 0 unspecified atom stereocenters. The molecule has 3 rings (SSSR count). The lowest BCUT2D eigenvalue weighted by Crippen LogP contribution is -2.49. The number of aromatic nitrogens is 2. The van der Waals surface area contributed by atoms with E-state index in [2.05, 4.69) is 15.5 Å². The van der Waals surface area contributed by atoms with Crippen molar-refractivity contribution in [2.45, 2.75) is 6.92 Å². The van der Waals surface area contributed by atoms with Crippen LogP contribution in [0, 0.1) is 0 Å². The standard InChI is InChI=1S/C19H23N5O4/c1-3-28-19(26)24-11-9-23(10-12-24)17-8-7-16(21-22-17)18(25)20-14-5-4-6-15(13-14)27-2/h4-8,13H,3,9-12H2,1-2H3,(H,20,25). The van der Waals surface area contributed by atoms with E-state index < -0.39 is 0 Å². The molecule has 0 spiro atoms. The molecule has 0 bridgehead atoms. The van der Waals surface area contributed by atoms with E-state index in [1.54, 1.807) is 55.3 Å². The third-order valence-electron chi connectivity index (χ3n) is 4.34. The molecule has 9 heteroatoms. The van der Waals surface area contributed by atoms with E-state index in [0.717, 1.165) is 0 Å². The predicted octanol–water partition coefficient (Wildman–Crippen LogP) is 2.02. The highest BCUT2D eigenvalue weighted by Gasteiger charge is 2.23. The molecule has 9 nitrogen and oxygen atoms in total. The number of benzene rings is 1. The average Bonchev–Trinajstić information content (AvgIpc) is 2.74. The molecule has 1 saturated heterocycles. The van der Waals surface area contributed by atoms with Gasteiger partial charge in [0.1, 0.15) is 5.75 Å². The van der Waals surface area contributed by atoms with Crippen molar-refractivity contribution in [3.8, 4) is 5.75 Å². The Kier molecular flexibility index (Phi) is 6.25. The van der Waals surface area contributed by atoms with Crippen molar-refractivity contribution in [2.24, 2.45) is 0 Å². The molecule has 0 radical (unpaired) electrons. The van der Waals surface area contributed by atoms with Crippen LogP contribution in [0.5, 0.6) is 5.75 Å². The topological polar surface area (TPSA) is 96.9 Å². The summed E-state index contributed by atoms with van der Waals surface area (Å²) in [6.07, 6.45) is -0.294. The fraction of sp³-hybridized carbons (Fsp3) is 0.368. The van der Waals surface area contributed by atoms with Gasteiger partial charge in [-0.25, -0.2) is 4.79 Å². The Labute approximate surface area is 163 Å². The van der Waals surface area contributed by atoms with Gasteiger partial charge < -0.3 is 24.6 Å². The van der Waals surface area contributed by atoms with E-state index in [9.17, 15) is 9.59 Å². The van der Waals surface area contributed by atoms with Gasteiger partial charge in [0.05, 0.1) is 13.7 Å². The number of amides is 2. The number of nitrogens with zero attached hydrogens (tertiary/aromatic N) is 4. The number of rotatable bonds is 5. The summed E-state index contributed by atoms with van der Waals surface area (Å²) in [5.74, 6) is 0.974. The Hall–Kier alpha value is -3.36. The van der Waals surface area contributed by atoms with Crippen molar-refractivity contribution in [2.75, 3.05) is 50.1 Å². The number of carbonyl (C=O) groups excluding carboxylic acids is 2. The lowest BCUT2D eigenvalue weighted by molar-refractivity contribution is 0.101. The molecule has 1 aromatic heterocycles. The smallest absolute Gasteiger partial charge is 0.409 e.